The Morgan fingerprint density at radius 1 is 1.16 bits per heavy atom. The lowest BCUT2D eigenvalue weighted by Gasteiger charge is -2.38. The van der Waals surface area contributed by atoms with Crippen molar-refractivity contribution in [2.45, 2.75) is 45.3 Å². The van der Waals surface area contributed by atoms with Gasteiger partial charge in [0, 0.05) is 43.2 Å². The minimum Gasteiger partial charge on any atom is -0.450 e. The highest BCUT2D eigenvalue weighted by atomic mass is 16.3. The maximum absolute atomic E-state index is 13.0. The van der Waals surface area contributed by atoms with Crippen LogP contribution in [0, 0.1) is 13.8 Å². The average molecular weight is 342 g/mol. The molecule has 2 fully saturated rings. The predicted molar refractivity (Wildman–Crippen MR) is 96.8 cm³/mol. The summed E-state index contributed by atoms with van der Waals surface area (Å²) in [6.45, 7) is 7.00. The summed E-state index contributed by atoms with van der Waals surface area (Å²) in [6, 6.07) is 6.29. The third-order valence-corrected chi connectivity index (χ3v) is 5.87. The first-order valence-corrected chi connectivity index (χ1v) is 9.26. The Balaban J connectivity index is 1.49. The summed E-state index contributed by atoms with van der Waals surface area (Å²) in [5.41, 5.74) is 2.80. The first kappa shape index (κ1) is 16.6. The first-order valence-electron chi connectivity index (χ1n) is 9.26. The van der Waals surface area contributed by atoms with Crippen molar-refractivity contribution in [3.8, 4) is 0 Å². The van der Waals surface area contributed by atoms with E-state index in [4.69, 9.17) is 4.42 Å². The molecule has 25 heavy (non-hydrogen) atoms. The van der Waals surface area contributed by atoms with Gasteiger partial charge in [0.25, 0.3) is 5.91 Å². The molecule has 2 aliphatic rings. The number of carbonyl (C=O) groups excluding carboxylic acids is 1. The molecule has 134 valence electrons. The van der Waals surface area contributed by atoms with Gasteiger partial charge in [-0.15, -0.1) is 0 Å². The van der Waals surface area contributed by atoms with Crippen molar-refractivity contribution in [3.05, 3.63) is 35.1 Å². The Morgan fingerprint density at radius 2 is 1.92 bits per heavy atom. The topological polar surface area (TPSA) is 56.9 Å². The van der Waals surface area contributed by atoms with E-state index in [1.807, 2.05) is 36.9 Å². The summed E-state index contributed by atoms with van der Waals surface area (Å²) in [6.07, 6.45) is 2.86. The van der Waals surface area contributed by atoms with E-state index in [1.54, 1.807) is 0 Å². The van der Waals surface area contributed by atoms with Crippen molar-refractivity contribution in [2.75, 3.05) is 26.2 Å². The number of benzene rings is 1. The number of piperazine rings is 1. The van der Waals surface area contributed by atoms with Crippen LogP contribution in [0.4, 0.5) is 0 Å². The van der Waals surface area contributed by atoms with Crippen LogP contribution in [0.3, 0.4) is 0 Å². The number of hydrogen-bond donors (Lipinski definition) is 1. The molecule has 1 aliphatic heterocycles. The van der Waals surface area contributed by atoms with Crippen molar-refractivity contribution in [1.82, 2.24) is 9.80 Å². The van der Waals surface area contributed by atoms with Gasteiger partial charge in [-0.05, 0) is 38.7 Å². The SMILES string of the molecule is Cc1c(C(=O)N2CCN([C@@H]3CCC[C@H]3O)CC2)oc2c(C)cccc12. The highest BCUT2D eigenvalue weighted by Gasteiger charge is 2.34. The number of hydrogen-bond acceptors (Lipinski definition) is 4. The van der Waals surface area contributed by atoms with Crippen molar-refractivity contribution >= 4 is 16.9 Å². The molecule has 4 rings (SSSR count). The van der Waals surface area contributed by atoms with Crippen LogP contribution in [0.25, 0.3) is 11.0 Å². The fourth-order valence-corrected chi connectivity index (χ4v) is 4.34. The fraction of sp³-hybridized carbons (Fsp3) is 0.550. The molecular formula is C20H26N2O3. The van der Waals surface area contributed by atoms with Crippen LogP contribution in [-0.4, -0.2) is 59.1 Å². The Bertz CT molecular complexity index is 790. The van der Waals surface area contributed by atoms with Crippen LogP contribution in [-0.2, 0) is 0 Å². The molecular weight excluding hydrogens is 316 g/mol. The van der Waals surface area contributed by atoms with E-state index in [2.05, 4.69) is 4.90 Å². The molecule has 0 unspecified atom stereocenters. The van der Waals surface area contributed by atoms with E-state index < -0.39 is 0 Å². The predicted octanol–water partition coefficient (Wildman–Crippen LogP) is 2.72. The molecule has 1 amide bonds. The van der Waals surface area contributed by atoms with E-state index in [1.165, 1.54) is 0 Å². The molecule has 1 aliphatic carbocycles. The summed E-state index contributed by atoms with van der Waals surface area (Å²) < 4.78 is 5.94. The molecule has 0 spiro atoms. The zero-order valence-corrected chi connectivity index (χ0v) is 15.0. The number of carbonyl (C=O) groups is 1. The quantitative estimate of drug-likeness (QED) is 0.912. The molecule has 1 aromatic carbocycles. The molecule has 2 atom stereocenters. The molecule has 5 nitrogen and oxygen atoms in total. The number of fused-ring (bicyclic) bond motifs is 1. The third-order valence-electron chi connectivity index (χ3n) is 5.87. The second-order valence-corrected chi connectivity index (χ2v) is 7.40. The smallest absolute Gasteiger partial charge is 0.289 e. The Kier molecular flexibility index (Phi) is 4.29. The molecule has 1 saturated carbocycles. The van der Waals surface area contributed by atoms with Crippen LogP contribution in [0.5, 0.6) is 0 Å². The number of para-hydroxylation sites is 1. The number of furan rings is 1. The summed E-state index contributed by atoms with van der Waals surface area (Å²) in [5.74, 6) is 0.457. The Morgan fingerprint density at radius 3 is 2.56 bits per heavy atom. The van der Waals surface area contributed by atoms with Crippen molar-refractivity contribution < 1.29 is 14.3 Å². The molecule has 5 heteroatoms. The molecule has 0 radical (unpaired) electrons. The number of nitrogens with zero attached hydrogens (tertiary/aromatic N) is 2. The van der Waals surface area contributed by atoms with E-state index in [-0.39, 0.29) is 18.1 Å². The molecule has 2 aromatic rings. The maximum atomic E-state index is 13.0. The van der Waals surface area contributed by atoms with Crippen LogP contribution in [0.15, 0.2) is 22.6 Å². The monoisotopic (exact) mass is 342 g/mol. The summed E-state index contributed by atoms with van der Waals surface area (Å²) >= 11 is 0. The molecule has 1 aromatic heterocycles. The number of rotatable bonds is 2. The molecule has 0 bridgehead atoms. The van der Waals surface area contributed by atoms with Gasteiger partial charge < -0.3 is 14.4 Å². The summed E-state index contributed by atoms with van der Waals surface area (Å²) in [4.78, 5) is 17.2. The lowest BCUT2D eigenvalue weighted by atomic mass is 10.1. The van der Waals surface area contributed by atoms with Crippen molar-refractivity contribution in [1.29, 1.82) is 0 Å². The van der Waals surface area contributed by atoms with Gasteiger partial charge in [-0.25, -0.2) is 0 Å². The van der Waals surface area contributed by atoms with E-state index in [9.17, 15) is 9.90 Å². The lowest BCUT2D eigenvalue weighted by Crippen LogP contribution is -2.53. The molecule has 2 heterocycles. The number of aliphatic hydroxyl groups is 1. The highest BCUT2D eigenvalue weighted by molar-refractivity contribution is 5.99. The largest absolute Gasteiger partial charge is 0.450 e. The van der Waals surface area contributed by atoms with E-state index in [0.29, 0.717) is 18.8 Å². The normalized spacial score (nSPS) is 25.0. The fourth-order valence-electron chi connectivity index (χ4n) is 4.34. The van der Waals surface area contributed by atoms with Gasteiger partial charge in [-0.2, -0.15) is 0 Å². The lowest BCUT2D eigenvalue weighted by molar-refractivity contribution is 0.0302. The second kappa shape index (κ2) is 6.46. The van der Waals surface area contributed by atoms with E-state index in [0.717, 1.165) is 54.4 Å². The van der Waals surface area contributed by atoms with Gasteiger partial charge in [0.1, 0.15) is 5.58 Å². The number of amides is 1. The Labute approximate surface area is 148 Å². The van der Waals surface area contributed by atoms with Crippen LogP contribution >= 0.6 is 0 Å². The number of aliphatic hydroxyl groups excluding tert-OH is 1. The van der Waals surface area contributed by atoms with E-state index >= 15 is 0 Å². The van der Waals surface area contributed by atoms with Gasteiger partial charge in [0.05, 0.1) is 6.10 Å². The number of aryl methyl sites for hydroxylation is 2. The third kappa shape index (κ3) is 2.85. The van der Waals surface area contributed by atoms with Gasteiger partial charge in [0.2, 0.25) is 0 Å². The van der Waals surface area contributed by atoms with Crippen LogP contribution in [0.2, 0.25) is 0 Å². The minimum absolute atomic E-state index is 0.0141. The van der Waals surface area contributed by atoms with Gasteiger partial charge in [-0.1, -0.05) is 18.2 Å². The standard InChI is InChI=1S/C20H26N2O3/c1-13-5-3-6-15-14(2)19(25-18(13)15)20(24)22-11-9-21(10-12-22)16-7-4-8-17(16)23/h3,5-6,16-17,23H,4,7-12H2,1-2H3/t16-,17-/m1/s1. The van der Waals surface area contributed by atoms with Crippen molar-refractivity contribution in [2.24, 2.45) is 0 Å². The average Bonchev–Trinajstić information content (AvgIpc) is 3.19. The maximum Gasteiger partial charge on any atom is 0.289 e. The first-order chi connectivity index (χ1) is 12.1. The summed E-state index contributed by atoms with van der Waals surface area (Å²) in [7, 11) is 0. The second-order valence-electron chi connectivity index (χ2n) is 7.40. The van der Waals surface area contributed by atoms with Gasteiger partial charge >= 0.3 is 0 Å². The van der Waals surface area contributed by atoms with Crippen molar-refractivity contribution in [3.63, 3.8) is 0 Å². The molecule has 1 N–H and O–H groups in total. The van der Waals surface area contributed by atoms with Crippen LogP contribution < -0.4 is 0 Å². The summed E-state index contributed by atoms with van der Waals surface area (Å²) in [5, 5.41) is 11.1. The zero-order valence-electron chi connectivity index (χ0n) is 15.0. The van der Waals surface area contributed by atoms with Gasteiger partial charge in [-0.3, -0.25) is 9.69 Å². The zero-order chi connectivity index (χ0) is 17.6. The Hall–Kier alpha value is -1.85. The highest BCUT2D eigenvalue weighted by Crippen LogP contribution is 2.29. The van der Waals surface area contributed by atoms with Gasteiger partial charge in [0.15, 0.2) is 5.76 Å². The minimum atomic E-state index is -0.206. The van der Waals surface area contributed by atoms with Crippen LogP contribution in [0.1, 0.15) is 40.9 Å². The molecule has 1 saturated heterocycles.